The summed E-state index contributed by atoms with van der Waals surface area (Å²) >= 11 is 1.29. The summed E-state index contributed by atoms with van der Waals surface area (Å²) in [7, 11) is 1.48. The molecule has 1 aliphatic rings. The number of aryl methyl sites for hydroxylation is 2. The molecule has 1 N–H and O–H groups in total. The first-order valence-corrected chi connectivity index (χ1v) is 11.5. The van der Waals surface area contributed by atoms with Crippen molar-refractivity contribution < 1.29 is 14.5 Å². The van der Waals surface area contributed by atoms with E-state index in [1.165, 1.54) is 36.6 Å². The quantitative estimate of drug-likeness (QED) is 0.289. The van der Waals surface area contributed by atoms with Crippen molar-refractivity contribution in [3.05, 3.63) is 86.1 Å². The molecule has 1 amide bonds. The highest BCUT2D eigenvalue weighted by Crippen LogP contribution is 2.34. The first-order chi connectivity index (χ1) is 16.3. The van der Waals surface area contributed by atoms with Gasteiger partial charge in [0.15, 0.2) is 5.17 Å². The second-order valence-electron chi connectivity index (χ2n) is 7.78. The van der Waals surface area contributed by atoms with Gasteiger partial charge >= 0.3 is 0 Å². The van der Waals surface area contributed by atoms with Gasteiger partial charge in [-0.25, -0.2) is 4.99 Å². The molecule has 0 bridgehead atoms. The van der Waals surface area contributed by atoms with E-state index in [1.807, 2.05) is 54.8 Å². The number of thioether (sulfide) groups is 1. The summed E-state index contributed by atoms with van der Waals surface area (Å²) in [5, 5.41) is 14.5. The number of non-ortho nitro benzene ring substituents is 1. The van der Waals surface area contributed by atoms with E-state index >= 15 is 0 Å². The molecule has 2 aromatic carbocycles. The molecule has 0 saturated carbocycles. The average Bonchev–Trinajstić information content (AvgIpc) is 3.31. The number of amides is 1. The minimum atomic E-state index is -0.454. The van der Waals surface area contributed by atoms with Gasteiger partial charge in [0.25, 0.3) is 11.6 Å². The number of nitro groups is 1. The summed E-state index contributed by atoms with van der Waals surface area (Å²) in [6, 6.07) is 14.4. The number of methoxy groups -OCH3 is 1. The van der Waals surface area contributed by atoms with Crippen molar-refractivity contribution in [3.8, 4) is 11.4 Å². The molecule has 34 heavy (non-hydrogen) atoms. The zero-order valence-electron chi connectivity index (χ0n) is 19.3. The van der Waals surface area contributed by atoms with Crippen LogP contribution in [0.1, 0.15) is 29.4 Å². The van der Waals surface area contributed by atoms with Crippen molar-refractivity contribution >= 4 is 40.3 Å². The third-order valence-electron chi connectivity index (χ3n) is 5.60. The van der Waals surface area contributed by atoms with Crippen molar-refractivity contribution in [2.75, 3.05) is 7.11 Å². The monoisotopic (exact) mass is 476 g/mol. The lowest BCUT2D eigenvalue weighted by molar-refractivity contribution is -0.384. The summed E-state index contributed by atoms with van der Waals surface area (Å²) < 4.78 is 7.38. The SMILES string of the molecule is CCc1ccc(N=C2NC(=O)/C(=C/c3cc(C)n(-c4ccc([N+](=O)[O-])cc4OC)c3C)S2)cc1. The third-order valence-corrected chi connectivity index (χ3v) is 6.51. The van der Waals surface area contributed by atoms with E-state index in [0.29, 0.717) is 21.5 Å². The number of benzene rings is 2. The van der Waals surface area contributed by atoms with Gasteiger partial charge in [-0.2, -0.15) is 0 Å². The molecule has 4 rings (SSSR count). The molecule has 9 heteroatoms. The van der Waals surface area contributed by atoms with Crippen molar-refractivity contribution in [2.24, 2.45) is 4.99 Å². The van der Waals surface area contributed by atoms with Gasteiger partial charge < -0.3 is 14.6 Å². The Hall–Kier alpha value is -3.85. The fraction of sp³-hybridized carbons (Fsp3) is 0.200. The summed E-state index contributed by atoms with van der Waals surface area (Å²) in [6.45, 7) is 5.96. The molecule has 0 atom stereocenters. The Balaban J connectivity index is 1.65. The van der Waals surface area contributed by atoms with Crippen molar-refractivity contribution in [1.82, 2.24) is 9.88 Å². The van der Waals surface area contributed by atoms with Crippen molar-refractivity contribution in [3.63, 3.8) is 0 Å². The van der Waals surface area contributed by atoms with E-state index in [4.69, 9.17) is 4.74 Å². The number of ether oxygens (including phenoxy) is 1. The van der Waals surface area contributed by atoms with Crippen LogP contribution in [0.4, 0.5) is 11.4 Å². The van der Waals surface area contributed by atoms with Gasteiger partial charge in [0.1, 0.15) is 5.75 Å². The summed E-state index contributed by atoms with van der Waals surface area (Å²) in [5.74, 6) is 0.193. The van der Waals surface area contributed by atoms with E-state index in [2.05, 4.69) is 17.2 Å². The van der Waals surface area contributed by atoms with E-state index in [-0.39, 0.29) is 11.6 Å². The standard InChI is InChI=1S/C25H24N4O4S/c1-5-17-6-8-19(9-7-17)26-25-27-24(30)23(34-25)13-18-12-15(2)28(16(18)3)21-11-10-20(29(31)32)14-22(21)33-4/h6-14H,5H2,1-4H3,(H,26,27,30)/b23-13-. The first kappa shape index (κ1) is 23.3. The summed E-state index contributed by atoms with van der Waals surface area (Å²) in [5.41, 5.74) is 5.31. The number of carbonyl (C=O) groups is 1. The predicted octanol–water partition coefficient (Wildman–Crippen LogP) is 5.46. The molecule has 0 spiro atoms. The Morgan fingerprint density at radius 1 is 1.18 bits per heavy atom. The number of carbonyl (C=O) groups excluding carboxylic acids is 1. The molecule has 3 aromatic rings. The molecule has 1 aliphatic heterocycles. The number of aliphatic imine (C=N–C) groups is 1. The summed E-state index contributed by atoms with van der Waals surface area (Å²) in [4.78, 5) is 28.3. The normalized spacial score (nSPS) is 15.7. The summed E-state index contributed by atoms with van der Waals surface area (Å²) in [6.07, 6.45) is 2.79. The number of nitro benzene ring substituents is 1. The minimum Gasteiger partial charge on any atom is -0.494 e. The number of amidine groups is 1. The maximum atomic E-state index is 12.6. The van der Waals surface area contributed by atoms with Crippen LogP contribution >= 0.6 is 11.8 Å². The zero-order valence-corrected chi connectivity index (χ0v) is 20.1. The highest BCUT2D eigenvalue weighted by Gasteiger charge is 2.25. The van der Waals surface area contributed by atoms with Gasteiger partial charge in [0, 0.05) is 17.5 Å². The number of aromatic nitrogens is 1. The Labute approximate surface area is 201 Å². The van der Waals surface area contributed by atoms with Crippen LogP contribution in [0.25, 0.3) is 11.8 Å². The fourth-order valence-electron chi connectivity index (χ4n) is 3.81. The van der Waals surface area contributed by atoms with Gasteiger partial charge in [0.2, 0.25) is 0 Å². The van der Waals surface area contributed by atoms with Gasteiger partial charge in [-0.15, -0.1) is 0 Å². The van der Waals surface area contributed by atoms with Gasteiger partial charge in [0.05, 0.1) is 34.4 Å². The average molecular weight is 477 g/mol. The van der Waals surface area contributed by atoms with E-state index < -0.39 is 4.92 Å². The van der Waals surface area contributed by atoms with Crippen molar-refractivity contribution in [2.45, 2.75) is 27.2 Å². The Bertz CT molecular complexity index is 1340. The lowest BCUT2D eigenvalue weighted by Gasteiger charge is -2.13. The number of hydrogen-bond acceptors (Lipinski definition) is 6. The van der Waals surface area contributed by atoms with E-state index in [1.54, 1.807) is 6.07 Å². The lowest BCUT2D eigenvalue weighted by atomic mass is 10.2. The number of nitrogens with one attached hydrogen (secondary N) is 1. The molecule has 0 aliphatic carbocycles. The minimum absolute atomic E-state index is 0.0411. The molecule has 174 valence electrons. The van der Waals surface area contributed by atoms with Crippen LogP contribution in [-0.2, 0) is 11.2 Å². The number of hydrogen-bond donors (Lipinski definition) is 1. The maximum Gasteiger partial charge on any atom is 0.273 e. The van der Waals surface area contributed by atoms with Crippen molar-refractivity contribution in [1.29, 1.82) is 0 Å². The smallest absolute Gasteiger partial charge is 0.273 e. The van der Waals surface area contributed by atoms with Crippen LogP contribution in [0.2, 0.25) is 0 Å². The molecule has 0 radical (unpaired) electrons. The fourth-order valence-corrected chi connectivity index (χ4v) is 4.65. The molecule has 8 nitrogen and oxygen atoms in total. The van der Waals surface area contributed by atoms with E-state index in [9.17, 15) is 14.9 Å². The zero-order chi connectivity index (χ0) is 24.4. The number of rotatable bonds is 6. The molecule has 1 aromatic heterocycles. The number of nitrogens with zero attached hydrogens (tertiary/aromatic N) is 3. The lowest BCUT2D eigenvalue weighted by Crippen LogP contribution is -2.19. The molecular weight excluding hydrogens is 452 g/mol. The predicted molar refractivity (Wildman–Crippen MR) is 135 cm³/mol. The topological polar surface area (TPSA) is 98.8 Å². The van der Waals surface area contributed by atoms with Gasteiger partial charge in [-0.1, -0.05) is 19.1 Å². The second kappa shape index (κ2) is 9.56. The first-order valence-electron chi connectivity index (χ1n) is 10.7. The van der Waals surface area contributed by atoms with Crippen LogP contribution < -0.4 is 10.1 Å². The largest absolute Gasteiger partial charge is 0.494 e. The molecule has 1 fully saturated rings. The molecular formula is C25H24N4O4S. The van der Waals surface area contributed by atoms with Crippen LogP contribution in [0, 0.1) is 24.0 Å². The van der Waals surface area contributed by atoms with Crippen LogP contribution in [0.15, 0.2) is 58.4 Å². The third kappa shape index (κ3) is 4.60. The molecule has 2 heterocycles. The molecule has 1 saturated heterocycles. The van der Waals surface area contributed by atoms with Crippen LogP contribution in [0.3, 0.4) is 0 Å². The Morgan fingerprint density at radius 3 is 2.56 bits per heavy atom. The van der Waals surface area contributed by atoms with Crippen LogP contribution in [-0.4, -0.2) is 27.7 Å². The van der Waals surface area contributed by atoms with Gasteiger partial charge in [-0.3, -0.25) is 14.9 Å². The maximum absolute atomic E-state index is 12.6. The highest BCUT2D eigenvalue weighted by molar-refractivity contribution is 8.18. The van der Waals surface area contributed by atoms with E-state index in [0.717, 1.165) is 29.1 Å². The molecule has 0 unspecified atom stereocenters. The second-order valence-corrected chi connectivity index (χ2v) is 8.81. The highest BCUT2D eigenvalue weighted by atomic mass is 32.2. The Kier molecular flexibility index (Phi) is 6.56. The Morgan fingerprint density at radius 2 is 1.91 bits per heavy atom. The van der Waals surface area contributed by atoms with Crippen LogP contribution in [0.5, 0.6) is 5.75 Å². The van der Waals surface area contributed by atoms with Gasteiger partial charge in [-0.05, 0) is 73.5 Å².